The molecule has 10 nitrogen and oxygen atoms in total. The first-order valence-electron chi connectivity index (χ1n) is 12.9. The monoisotopic (exact) mass is 534 g/mol. The van der Waals surface area contributed by atoms with E-state index in [9.17, 15) is 13.6 Å². The average molecular weight is 535 g/mol. The number of anilines is 2. The Labute approximate surface area is 223 Å². The second-order valence-electron chi connectivity index (χ2n) is 9.68. The molecule has 5 heterocycles. The van der Waals surface area contributed by atoms with Gasteiger partial charge in [-0.2, -0.15) is 9.97 Å². The summed E-state index contributed by atoms with van der Waals surface area (Å²) >= 11 is 0. The molecule has 1 aromatic carbocycles. The summed E-state index contributed by atoms with van der Waals surface area (Å²) in [5.74, 6) is 1.04. The molecule has 0 bridgehead atoms. The van der Waals surface area contributed by atoms with Crippen LogP contribution in [0.4, 0.5) is 20.5 Å². The van der Waals surface area contributed by atoms with Crippen LogP contribution < -0.4 is 10.2 Å². The van der Waals surface area contributed by atoms with Gasteiger partial charge >= 0.3 is 0 Å². The Bertz CT molecular complexity index is 1450. The molecule has 2 saturated heterocycles. The summed E-state index contributed by atoms with van der Waals surface area (Å²) in [5.41, 5.74) is 1.78. The van der Waals surface area contributed by atoms with Gasteiger partial charge in [0.15, 0.2) is 11.6 Å². The molecule has 6 rings (SSSR count). The van der Waals surface area contributed by atoms with Crippen LogP contribution in [0.3, 0.4) is 0 Å². The van der Waals surface area contributed by atoms with Gasteiger partial charge < -0.3 is 15.0 Å². The van der Waals surface area contributed by atoms with E-state index in [0.29, 0.717) is 81.0 Å². The molecule has 0 saturated carbocycles. The zero-order valence-electron chi connectivity index (χ0n) is 21.2. The van der Waals surface area contributed by atoms with Crippen molar-refractivity contribution >= 4 is 28.6 Å². The van der Waals surface area contributed by atoms with Gasteiger partial charge in [-0.3, -0.25) is 19.2 Å². The predicted molar refractivity (Wildman–Crippen MR) is 141 cm³/mol. The van der Waals surface area contributed by atoms with Crippen molar-refractivity contribution in [2.24, 2.45) is 0 Å². The van der Waals surface area contributed by atoms with E-state index in [1.807, 2.05) is 23.1 Å². The van der Waals surface area contributed by atoms with Crippen LogP contribution in [0.25, 0.3) is 16.9 Å². The summed E-state index contributed by atoms with van der Waals surface area (Å²) in [7, 11) is 0. The SMILES string of the molecule is O=C(Cc1ccccn1)CN1CC(Nc2cc(-n3c(C(F)F)nc4ccccc43)nc(N3CCOCC3)n2)C1. The number of nitrogens with zero attached hydrogens (tertiary/aromatic N) is 7. The van der Waals surface area contributed by atoms with E-state index in [-0.39, 0.29) is 17.6 Å². The van der Waals surface area contributed by atoms with E-state index in [0.717, 1.165) is 5.69 Å². The molecule has 2 fully saturated rings. The summed E-state index contributed by atoms with van der Waals surface area (Å²) in [5, 5.41) is 3.41. The standard InChI is InChI=1S/C27H28F2N8O2/c28-25(29)26-32-21-6-1-2-7-22(21)37(26)24-14-23(33-27(34-24)36-9-11-39-12-10-36)31-19-15-35(16-19)17-20(38)13-18-5-3-4-8-30-18/h1-8,14,19,25H,9-13,15-17H2,(H,31,33,34). The number of ketones is 1. The fourth-order valence-electron chi connectivity index (χ4n) is 4.96. The number of aromatic nitrogens is 5. The lowest BCUT2D eigenvalue weighted by Crippen LogP contribution is -2.56. The first kappa shape index (κ1) is 25.3. The number of carbonyl (C=O) groups excluding carboxylic acids is 1. The van der Waals surface area contributed by atoms with Crippen molar-refractivity contribution in [3.63, 3.8) is 0 Å². The molecular formula is C27H28F2N8O2. The Morgan fingerprint density at radius 1 is 1.05 bits per heavy atom. The van der Waals surface area contributed by atoms with Crippen LogP contribution in [0.15, 0.2) is 54.7 Å². The number of benzene rings is 1. The number of alkyl halides is 2. The molecular weight excluding hydrogens is 506 g/mol. The molecule has 0 aliphatic carbocycles. The van der Waals surface area contributed by atoms with Crippen LogP contribution in [-0.2, 0) is 16.0 Å². The molecule has 2 aliphatic rings. The summed E-state index contributed by atoms with van der Waals surface area (Å²) < 4.78 is 35.0. The van der Waals surface area contributed by atoms with E-state index in [2.05, 4.69) is 25.2 Å². The number of ether oxygens (including phenoxy) is 1. The molecule has 0 unspecified atom stereocenters. The Morgan fingerprint density at radius 2 is 1.85 bits per heavy atom. The molecule has 0 atom stereocenters. The minimum atomic E-state index is -2.78. The van der Waals surface area contributed by atoms with Crippen LogP contribution in [0.5, 0.6) is 0 Å². The number of rotatable bonds is 9. The van der Waals surface area contributed by atoms with Gasteiger partial charge in [0.2, 0.25) is 5.95 Å². The molecule has 2 aliphatic heterocycles. The van der Waals surface area contributed by atoms with Gasteiger partial charge in [0.05, 0.1) is 43.3 Å². The Balaban J connectivity index is 1.22. The van der Waals surface area contributed by atoms with Crippen molar-refractivity contribution in [2.75, 3.05) is 56.2 Å². The average Bonchev–Trinajstić information content (AvgIpc) is 3.33. The highest BCUT2D eigenvalue weighted by Gasteiger charge is 2.29. The van der Waals surface area contributed by atoms with Gasteiger partial charge in [-0.25, -0.2) is 13.8 Å². The summed E-state index contributed by atoms with van der Waals surface area (Å²) in [4.78, 5) is 34.3. The normalized spacial score (nSPS) is 16.5. The zero-order chi connectivity index (χ0) is 26.8. The highest BCUT2D eigenvalue weighted by molar-refractivity contribution is 5.82. The highest BCUT2D eigenvalue weighted by Crippen LogP contribution is 2.29. The zero-order valence-corrected chi connectivity index (χ0v) is 21.2. The third-order valence-electron chi connectivity index (χ3n) is 6.82. The van der Waals surface area contributed by atoms with Crippen molar-refractivity contribution in [1.82, 2.24) is 29.4 Å². The van der Waals surface area contributed by atoms with Crippen LogP contribution in [0, 0.1) is 0 Å². The number of imidazole rings is 1. The number of nitrogens with one attached hydrogen (secondary N) is 1. The maximum atomic E-state index is 14.1. The molecule has 0 amide bonds. The fourth-order valence-corrected chi connectivity index (χ4v) is 4.96. The van der Waals surface area contributed by atoms with Crippen LogP contribution >= 0.6 is 0 Å². The number of hydrogen-bond donors (Lipinski definition) is 1. The summed E-state index contributed by atoms with van der Waals surface area (Å²) in [6.07, 6.45) is -0.789. The number of halogens is 2. The third-order valence-corrected chi connectivity index (χ3v) is 6.82. The number of hydrogen-bond acceptors (Lipinski definition) is 9. The number of morpholine rings is 1. The maximum Gasteiger partial charge on any atom is 0.296 e. The molecule has 3 aromatic heterocycles. The summed E-state index contributed by atoms with van der Waals surface area (Å²) in [6, 6.07) is 14.3. The van der Waals surface area contributed by atoms with Crippen LogP contribution in [-0.4, -0.2) is 87.2 Å². The molecule has 12 heteroatoms. The van der Waals surface area contributed by atoms with E-state index >= 15 is 0 Å². The fraction of sp³-hybridized carbons (Fsp3) is 0.370. The lowest BCUT2D eigenvalue weighted by atomic mass is 10.1. The molecule has 39 heavy (non-hydrogen) atoms. The Morgan fingerprint density at radius 3 is 2.62 bits per heavy atom. The minimum Gasteiger partial charge on any atom is -0.378 e. The molecule has 4 aromatic rings. The van der Waals surface area contributed by atoms with Crippen molar-refractivity contribution in [1.29, 1.82) is 0 Å². The molecule has 1 N–H and O–H groups in total. The van der Waals surface area contributed by atoms with Gasteiger partial charge in [-0.1, -0.05) is 18.2 Å². The van der Waals surface area contributed by atoms with Gasteiger partial charge in [-0.15, -0.1) is 0 Å². The van der Waals surface area contributed by atoms with E-state index < -0.39 is 6.43 Å². The van der Waals surface area contributed by atoms with Gasteiger partial charge in [0, 0.05) is 44.1 Å². The first-order valence-corrected chi connectivity index (χ1v) is 12.9. The van der Waals surface area contributed by atoms with Gasteiger partial charge in [0.1, 0.15) is 11.6 Å². The third kappa shape index (κ3) is 5.57. The lowest BCUT2D eigenvalue weighted by molar-refractivity contribution is -0.120. The first-order chi connectivity index (χ1) is 19.0. The highest BCUT2D eigenvalue weighted by atomic mass is 19.3. The van der Waals surface area contributed by atoms with Gasteiger partial charge in [0.25, 0.3) is 6.43 Å². The molecule has 202 valence electrons. The smallest absolute Gasteiger partial charge is 0.296 e. The summed E-state index contributed by atoms with van der Waals surface area (Å²) in [6.45, 7) is 3.96. The number of fused-ring (bicyclic) bond motifs is 1. The van der Waals surface area contributed by atoms with Crippen molar-refractivity contribution < 1.29 is 18.3 Å². The van der Waals surface area contributed by atoms with E-state index in [1.165, 1.54) is 4.57 Å². The topological polar surface area (TPSA) is 101 Å². The number of carbonyl (C=O) groups is 1. The quantitative estimate of drug-likeness (QED) is 0.347. The van der Waals surface area contributed by atoms with Gasteiger partial charge in [-0.05, 0) is 24.3 Å². The molecule has 0 radical (unpaired) electrons. The van der Waals surface area contributed by atoms with Crippen LogP contribution in [0.1, 0.15) is 17.9 Å². The Kier molecular flexibility index (Phi) is 7.12. The lowest BCUT2D eigenvalue weighted by Gasteiger charge is -2.39. The van der Waals surface area contributed by atoms with Crippen molar-refractivity contribution in [2.45, 2.75) is 18.9 Å². The Hall–Kier alpha value is -4.03. The maximum absolute atomic E-state index is 14.1. The number of likely N-dealkylation sites (tertiary alicyclic amines) is 1. The second-order valence-corrected chi connectivity index (χ2v) is 9.68. The largest absolute Gasteiger partial charge is 0.378 e. The number of Topliss-reactive ketones (excluding diaryl/α,β-unsaturated/α-hetero) is 1. The van der Waals surface area contributed by atoms with Crippen molar-refractivity contribution in [3.8, 4) is 5.82 Å². The van der Waals surface area contributed by atoms with E-state index in [1.54, 1.807) is 36.5 Å². The van der Waals surface area contributed by atoms with E-state index in [4.69, 9.17) is 9.72 Å². The van der Waals surface area contributed by atoms with Crippen LogP contribution in [0.2, 0.25) is 0 Å². The molecule has 0 spiro atoms. The van der Waals surface area contributed by atoms with Crippen molar-refractivity contribution in [3.05, 3.63) is 66.2 Å². The number of pyridine rings is 1. The minimum absolute atomic E-state index is 0.0574. The number of para-hydroxylation sites is 2. The second kappa shape index (κ2) is 11.0. The predicted octanol–water partition coefficient (Wildman–Crippen LogP) is 2.89.